The third-order valence-electron chi connectivity index (χ3n) is 5.62. The number of fused-ring (bicyclic) bond motifs is 2. The van der Waals surface area contributed by atoms with Crippen molar-refractivity contribution in [1.29, 1.82) is 0 Å². The molecule has 1 unspecified atom stereocenters. The van der Waals surface area contributed by atoms with E-state index in [1.807, 2.05) is 37.3 Å². The first kappa shape index (κ1) is 17.7. The van der Waals surface area contributed by atoms with Crippen LogP contribution in [-0.4, -0.2) is 25.7 Å². The number of aromatic nitrogens is 4. The van der Waals surface area contributed by atoms with Crippen molar-refractivity contribution in [2.75, 3.05) is 5.32 Å². The predicted molar refractivity (Wildman–Crippen MR) is 114 cm³/mol. The van der Waals surface area contributed by atoms with Crippen molar-refractivity contribution >= 4 is 22.5 Å². The van der Waals surface area contributed by atoms with E-state index in [-0.39, 0.29) is 11.8 Å². The summed E-state index contributed by atoms with van der Waals surface area (Å²) < 4.78 is 2.10. The van der Waals surface area contributed by atoms with Crippen LogP contribution in [-0.2, 0) is 17.8 Å². The Morgan fingerprint density at radius 1 is 1.14 bits per heavy atom. The molecule has 146 valence electrons. The van der Waals surface area contributed by atoms with Crippen LogP contribution in [0, 0.1) is 19.8 Å². The number of hydrogen-bond acceptors (Lipinski definition) is 3. The van der Waals surface area contributed by atoms with Gasteiger partial charge in [0.25, 0.3) is 0 Å². The molecule has 0 spiro atoms. The number of hydrogen-bond donors (Lipinski definition) is 2. The van der Waals surface area contributed by atoms with Crippen LogP contribution in [0.25, 0.3) is 22.3 Å². The van der Waals surface area contributed by atoms with Gasteiger partial charge < -0.3 is 14.9 Å². The second-order valence-electron chi connectivity index (χ2n) is 7.90. The van der Waals surface area contributed by atoms with Crippen LogP contribution in [0.1, 0.15) is 23.5 Å². The van der Waals surface area contributed by atoms with E-state index >= 15 is 0 Å². The van der Waals surface area contributed by atoms with E-state index in [1.54, 1.807) is 0 Å². The largest absolute Gasteiger partial charge is 0.359 e. The smallest absolute Gasteiger partial charge is 0.229 e. The summed E-state index contributed by atoms with van der Waals surface area (Å²) in [4.78, 5) is 16.3. The zero-order chi connectivity index (χ0) is 20.0. The Hall–Kier alpha value is -3.41. The number of aromatic amines is 1. The lowest BCUT2D eigenvalue weighted by atomic mass is 9.97. The van der Waals surface area contributed by atoms with Crippen LogP contribution >= 0.6 is 0 Å². The number of carbonyl (C=O) groups is 1. The average Bonchev–Trinajstić information content (AvgIpc) is 3.29. The molecule has 0 bridgehead atoms. The maximum absolute atomic E-state index is 13.0. The molecule has 5 rings (SSSR count). The lowest BCUT2D eigenvalue weighted by molar-refractivity contribution is -0.120. The van der Waals surface area contributed by atoms with E-state index in [4.69, 9.17) is 0 Å². The number of aryl methyl sites for hydroxylation is 3. The molecule has 0 saturated carbocycles. The van der Waals surface area contributed by atoms with Gasteiger partial charge in [0, 0.05) is 40.8 Å². The molecule has 0 saturated heterocycles. The summed E-state index contributed by atoms with van der Waals surface area (Å²) in [6.45, 7) is 4.70. The summed E-state index contributed by atoms with van der Waals surface area (Å²) >= 11 is 0. The van der Waals surface area contributed by atoms with Gasteiger partial charge in [-0.3, -0.25) is 4.79 Å². The molecule has 0 fully saturated rings. The van der Waals surface area contributed by atoms with Crippen molar-refractivity contribution in [2.45, 2.75) is 33.2 Å². The Bertz CT molecular complexity index is 1220. The molecule has 1 amide bonds. The molecular weight excluding hydrogens is 362 g/mol. The molecule has 6 heteroatoms. The van der Waals surface area contributed by atoms with Crippen molar-refractivity contribution in [3.05, 3.63) is 65.6 Å². The molecule has 0 radical (unpaired) electrons. The van der Waals surface area contributed by atoms with Crippen LogP contribution in [0.3, 0.4) is 0 Å². The van der Waals surface area contributed by atoms with Gasteiger partial charge in [-0.2, -0.15) is 0 Å². The standard InChI is InChI=1S/C23H23N5O/c1-14-4-3-5-16(10-14)22-27-26-21-9-6-17(13-28(21)22)23(29)25-19-7-8-20-18(12-19)11-15(2)24-20/h3-5,7-8,10-12,17,24H,6,9,13H2,1-2H3,(H,25,29). The maximum atomic E-state index is 13.0. The molecule has 1 aliphatic heterocycles. The molecule has 2 aromatic carbocycles. The fraction of sp³-hybridized carbons (Fsp3) is 0.261. The van der Waals surface area contributed by atoms with Crippen LogP contribution in [0.2, 0.25) is 0 Å². The zero-order valence-electron chi connectivity index (χ0n) is 16.6. The van der Waals surface area contributed by atoms with E-state index in [2.05, 4.69) is 50.2 Å². The summed E-state index contributed by atoms with van der Waals surface area (Å²) in [5.41, 5.74) is 5.24. The number of anilines is 1. The van der Waals surface area contributed by atoms with Crippen molar-refractivity contribution in [3.63, 3.8) is 0 Å². The first-order chi connectivity index (χ1) is 14.1. The Morgan fingerprint density at radius 2 is 2.03 bits per heavy atom. The van der Waals surface area contributed by atoms with Crippen LogP contribution < -0.4 is 5.32 Å². The fourth-order valence-corrected chi connectivity index (χ4v) is 4.14. The monoisotopic (exact) mass is 385 g/mol. The summed E-state index contributed by atoms with van der Waals surface area (Å²) in [6, 6.07) is 16.3. The minimum absolute atomic E-state index is 0.0474. The van der Waals surface area contributed by atoms with Crippen LogP contribution in [0.4, 0.5) is 5.69 Å². The quantitative estimate of drug-likeness (QED) is 0.554. The molecule has 2 N–H and O–H groups in total. The molecule has 4 aromatic rings. The highest BCUT2D eigenvalue weighted by atomic mass is 16.1. The van der Waals surface area contributed by atoms with Crippen LogP contribution in [0.15, 0.2) is 48.5 Å². The maximum Gasteiger partial charge on any atom is 0.229 e. The minimum Gasteiger partial charge on any atom is -0.359 e. The first-order valence-electron chi connectivity index (χ1n) is 9.96. The Kier molecular flexibility index (Phi) is 4.19. The van der Waals surface area contributed by atoms with Gasteiger partial charge in [-0.05, 0) is 50.6 Å². The number of rotatable bonds is 3. The van der Waals surface area contributed by atoms with Crippen molar-refractivity contribution in [1.82, 2.24) is 19.7 Å². The second kappa shape index (κ2) is 6.88. The summed E-state index contributed by atoms with van der Waals surface area (Å²) in [6.07, 6.45) is 1.54. The van der Waals surface area contributed by atoms with Gasteiger partial charge in [0.1, 0.15) is 5.82 Å². The van der Waals surface area contributed by atoms with Gasteiger partial charge in [0.05, 0.1) is 5.92 Å². The third-order valence-corrected chi connectivity index (χ3v) is 5.62. The van der Waals surface area contributed by atoms with Crippen LogP contribution in [0.5, 0.6) is 0 Å². The number of benzene rings is 2. The minimum atomic E-state index is -0.106. The first-order valence-corrected chi connectivity index (χ1v) is 9.96. The third kappa shape index (κ3) is 3.31. The van der Waals surface area contributed by atoms with Crippen molar-refractivity contribution < 1.29 is 4.79 Å². The summed E-state index contributed by atoms with van der Waals surface area (Å²) in [5, 5.41) is 13.0. The van der Waals surface area contributed by atoms with Gasteiger partial charge >= 0.3 is 0 Å². The highest BCUT2D eigenvalue weighted by Crippen LogP contribution is 2.27. The average molecular weight is 385 g/mol. The van der Waals surface area contributed by atoms with E-state index in [0.29, 0.717) is 6.54 Å². The Morgan fingerprint density at radius 3 is 2.90 bits per heavy atom. The van der Waals surface area contributed by atoms with Gasteiger partial charge in [-0.15, -0.1) is 10.2 Å². The van der Waals surface area contributed by atoms with E-state index in [1.165, 1.54) is 5.56 Å². The fourth-order valence-electron chi connectivity index (χ4n) is 4.14. The molecule has 0 aliphatic carbocycles. The molecule has 2 aromatic heterocycles. The van der Waals surface area contributed by atoms with E-state index in [9.17, 15) is 4.79 Å². The normalized spacial score (nSPS) is 16.0. The number of amides is 1. The summed E-state index contributed by atoms with van der Waals surface area (Å²) in [7, 11) is 0. The molecule has 1 aliphatic rings. The highest BCUT2D eigenvalue weighted by molar-refractivity contribution is 5.95. The number of nitrogens with one attached hydrogen (secondary N) is 2. The van der Waals surface area contributed by atoms with E-state index in [0.717, 1.165) is 52.3 Å². The van der Waals surface area contributed by atoms with Gasteiger partial charge in [-0.25, -0.2) is 0 Å². The van der Waals surface area contributed by atoms with Gasteiger partial charge in [-0.1, -0.05) is 23.8 Å². The highest BCUT2D eigenvalue weighted by Gasteiger charge is 2.28. The topological polar surface area (TPSA) is 75.6 Å². The lowest BCUT2D eigenvalue weighted by Crippen LogP contribution is -2.31. The van der Waals surface area contributed by atoms with Gasteiger partial charge in [0.2, 0.25) is 5.91 Å². The Labute approximate surface area is 169 Å². The Balaban J connectivity index is 1.37. The molecule has 1 atom stereocenters. The van der Waals surface area contributed by atoms with Crippen molar-refractivity contribution in [2.24, 2.45) is 5.92 Å². The van der Waals surface area contributed by atoms with E-state index < -0.39 is 0 Å². The van der Waals surface area contributed by atoms with Gasteiger partial charge in [0.15, 0.2) is 5.82 Å². The van der Waals surface area contributed by atoms with Crippen molar-refractivity contribution in [3.8, 4) is 11.4 Å². The molecule has 3 heterocycles. The number of carbonyl (C=O) groups excluding carboxylic acids is 1. The number of H-pyrrole nitrogens is 1. The molecular formula is C23H23N5O. The molecule has 29 heavy (non-hydrogen) atoms. The number of nitrogens with zero attached hydrogens (tertiary/aromatic N) is 3. The molecule has 6 nitrogen and oxygen atoms in total. The SMILES string of the molecule is Cc1cccc(-c2nnc3n2CC(C(=O)Nc2ccc4[nH]c(C)cc4c2)CC3)c1. The second-order valence-corrected chi connectivity index (χ2v) is 7.90. The summed E-state index contributed by atoms with van der Waals surface area (Å²) in [5.74, 6) is 1.73. The zero-order valence-corrected chi connectivity index (χ0v) is 16.6. The predicted octanol–water partition coefficient (Wildman–Crippen LogP) is 4.24. The lowest BCUT2D eigenvalue weighted by Gasteiger charge is -2.23.